The second-order valence-electron chi connectivity index (χ2n) is 12.5. The topological polar surface area (TPSA) is 128 Å². The van der Waals surface area contributed by atoms with Gasteiger partial charge >= 0.3 is 6.09 Å². The fraction of sp³-hybridized carbons (Fsp3) is 0.559. The highest BCUT2D eigenvalue weighted by Crippen LogP contribution is 2.28. The number of rotatable bonds is 15. The summed E-state index contributed by atoms with van der Waals surface area (Å²) in [5, 5.41) is 25.7. The zero-order valence-corrected chi connectivity index (χ0v) is 26.9. The van der Waals surface area contributed by atoms with Crippen LogP contribution in [0.25, 0.3) is 0 Å². The first kappa shape index (κ1) is 35.4. The Morgan fingerprint density at radius 3 is 2.12 bits per heavy atom. The first-order valence-corrected chi connectivity index (χ1v) is 15.4. The van der Waals surface area contributed by atoms with Crippen LogP contribution in [0.5, 0.6) is 11.5 Å². The molecule has 2 aromatic carbocycles. The number of alkyl carbamates (subject to hydrolysis) is 1. The predicted molar refractivity (Wildman–Crippen MR) is 169 cm³/mol. The van der Waals surface area contributed by atoms with Crippen LogP contribution in [0.15, 0.2) is 42.5 Å². The monoisotopic (exact) mass is 597 g/mol. The molecule has 0 aromatic heterocycles. The largest absolute Gasteiger partial charge is 0.508 e. The van der Waals surface area contributed by atoms with E-state index in [4.69, 9.17) is 4.74 Å². The van der Waals surface area contributed by atoms with Crippen LogP contribution in [0.2, 0.25) is 0 Å². The number of carbonyl (C=O) groups is 3. The highest BCUT2D eigenvalue weighted by atomic mass is 16.6. The summed E-state index contributed by atoms with van der Waals surface area (Å²) in [4.78, 5) is 42.8. The fourth-order valence-corrected chi connectivity index (χ4v) is 4.83. The van der Waals surface area contributed by atoms with Crippen molar-refractivity contribution in [3.8, 4) is 11.5 Å². The van der Waals surface area contributed by atoms with Crippen molar-refractivity contribution in [2.75, 3.05) is 6.54 Å². The molecular formula is C34H51N3O6. The van der Waals surface area contributed by atoms with Crippen LogP contribution >= 0.6 is 0 Å². The van der Waals surface area contributed by atoms with Crippen LogP contribution in [0.3, 0.4) is 0 Å². The first-order chi connectivity index (χ1) is 20.2. The lowest BCUT2D eigenvalue weighted by Gasteiger charge is -2.35. The number of benzene rings is 2. The number of aryl methyl sites for hydroxylation is 1. The van der Waals surface area contributed by atoms with E-state index in [1.54, 1.807) is 56.9 Å². The SMILES string of the molecule is CCCCCCCCN(C(=O)C(Cc1ccc(O)cc1)NC(=O)OC(C)(C)C)C(C(=O)NC(C)C)c1ccc(O)c(C)c1. The van der Waals surface area contributed by atoms with Gasteiger partial charge in [0.2, 0.25) is 11.8 Å². The molecule has 9 nitrogen and oxygen atoms in total. The van der Waals surface area contributed by atoms with Crippen LogP contribution in [-0.4, -0.2) is 57.3 Å². The summed E-state index contributed by atoms with van der Waals surface area (Å²) < 4.78 is 5.50. The molecule has 0 bridgehead atoms. The van der Waals surface area contributed by atoms with Crippen molar-refractivity contribution in [1.82, 2.24) is 15.5 Å². The summed E-state index contributed by atoms with van der Waals surface area (Å²) in [5.74, 6) is -0.593. The van der Waals surface area contributed by atoms with Gasteiger partial charge in [0.05, 0.1) is 0 Å². The van der Waals surface area contributed by atoms with Gasteiger partial charge in [0.15, 0.2) is 0 Å². The minimum atomic E-state index is -1.05. The van der Waals surface area contributed by atoms with Gasteiger partial charge in [-0.1, -0.05) is 57.2 Å². The zero-order chi connectivity index (χ0) is 32.2. The Kier molecular flexibility index (Phi) is 13.8. The number of ether oxygens (including phenoxy) is 1. The van der Waals surface area contributed by atoms with E-state index in [1.165, 1.54) is 18.2 Å². The van der Waals surface area contributed by atoms with Crippen molar-refractivity contribution in [3.05, 3.63) is 59.2 Å². The van der Waals surface area contributed by atoms with E-state index in [-0.39, 0.29) is 29.9 Å². The van der Waals surface area contributed by atoms with Gasteiger partial charge < -0.3 is 30.5 Å². The molecule has 0 aliphatic carbocycles. The smallest absolute Gasteiger partial charge is 0.408 e. The molecule has 0 fully saturated rings. The fourth-order valence-electron chi connectivity index (χ4n) is 4.83. The Morgan fingerprint density at radius 2 is 1.53 bits per heavy atom. The number of nitrogens with one attached hydrogen (secondary N) is 2. The quantitative estimate of drug-likeness (QED) is 0.179. The van der Waals surface area contributed by atoms with Gasteiger partial charge in [-0.3, -0.25) is 9.59 Å². The molecular weight excluding hydrogens is 546 g/mol. The molecule has 2 aromatic rings. The summed E-state index contributed by atoms with van der Waals surface area (Å²) >= 11 is 0. The van der Waals surface area contributed by atoms with Gasteiger partial charge in [-0.25, -0.2) is 4.79 Å². The normalized spacial score (nSPS) is 12.8. The summed E-state index contributed by atoms with van der Waals surface area (Å²) in [6, 6.07) is 9.12. The summed E-state index contributed by atoms with van der Waals surface area (Å²) in [6.45, 7) is 13.1. The first-order valence-electron chi connectivity index (χ1n) is 15.4. The lowest BCUT2D eigenvalue weighted by atomic mass is 9.98. The molecule has 2 atom stereocenters. The maximum absolute atomic E-state index is 14.5. The van der Waals surface area contributed by atoms with Gasteiger partial charge in [0.1, 0.15) is 29.2 Å². The lowest BCUT2D eigenvalue weighted by molar-refractivity contribution is -0.142. The maximum atomic E-state index is 14.5. The summed E-state index contributed by atoms with van der Waals surface area (Å²) in [5.41, 5.74) is 1.08. The second kappa shape index (κ2) is 16.8. The number of unbranched alkanes of at least 4 members (excludes halogenated alkanes) is 5. The number of aromatic hydroxyl groups is 2. The van der Waals surface area contributed by atoms with Crippen molar-refractivity contribution in [2.45, 2.75) is 117 Å². The highest BCUT2D eigenvalue weighted by Gasteiger charge is 2.36. The lowest BCUT2D eigenvalue weighted by Crippen LogP contribution is -2.54. The van der Waals surface area contributed by atoms with Crippen molar-refractivity contribution >= 4 is 17.9 Å². The van der Waals surface area contributed by atoms with Crippen molar-refractivity contribution in [3.63, 3.8) is 0 Å². The Hall–Kier alpha value is -3.75. The third-order valence-corrected chi connectivity index (χ3v) is 6.93. The molecule has 0 saturated heterocycles. The van der Waals surface area contributed by atoms with Gasteiger partial charge in [-0.15, -0.1) is 0 Å². The van der Waals surface area contributed by atoms with Gasteiger partial charge in [-0.2, -0.15) is 0 Å². The number of phenolic OH excluding ortho intramolecular Hbond substituents is 2. The van der Waals surface area contributed by atoms with Gasteiger partial charge in [0.25, 0.3) is 0 Å². The van der Waals surface area contributed by atoms with E-state index in [0.717, 1.165) is 37.7 Å². The summed E-state index contributed by atoms with van der Waals surface area (Å²) in [7, 11) is 0. The van der Waals surface area contributed by atoms with Crippen LogP contribution in [0.1, 0.15) is 103 Å². The van der Waals surface area contributed by atoms with Crippen molar-refractivity contribution < 1.29 is 29.3 Å². The Labute approximate surface area is 257 Å². The maximum Gasteiger partial charge on any atom is 0.408 e. The molecule has 4 N–H and O–H groups in total. The van der Waals surface area contributed by atoms with Crippen LogP contribution < -0.4 is 10.6 Å². The van der Waals surface area contributed by atoms with E-state index in [0.29, 0.717) is 24.1 Å². The number of amides is 3. The zero-order valence-electron chi connectivity index (χ0n) is 26.9. The van der Waals surface area contributed by atoms with E-state index in [2.05, 4.69) is 17.6 Å². The molecule has 0 radical (unpaired) electrons. The van der Waals surface area contributed by atoms with Crippen LogP contribution in [-0.2, 0) is 20.7 Å². The standard InChI is InChI=1S/C34H51N3O6/c1-8-9-10-11-12-13-20-37(30(31(40)35-23(2)3)26-16-19-29(39)24(4)21-26)32(41)28(36-33(42)43-34(5,6)7)22-25-14-17-27(38)18-15-25/h14-19,21,23,28,30,38-39H,8-13,20,22H2,1-7H3,(H,35,40)(H,36,42). The molecule has 3 amide bonds. The molecule has 2 unspecified atom stereocenters. The number of nitrogens with zero attached hydrogens (tertiary/aromatic N) is 1. The van der Waals surface area contributed by atoms with E-state index in [9.17, 15) is 24.6 Å². The average molecular weight is 598 g/mol. The van der Waals surface area contributed by atoms with E-state index in [1.807, 2.05) is 13.8 Å². The second-order valence-corrected chi connectivity index (χ2v) is 12.5. The predicted octanol–water partition coefficient (Wildman–Crippen LogP) is 6.30. The van der Waals surface area contributed by atoms with E-state index >= 15 is 0 Å². The Morgan fingerprint density at radius 1 is 0.907 bits per heavy atom. The molecule has 0 aliphatic heterocycles. The van der Waals surface area contributed by atoms with Gasteiger partial charge in [-0.05, 0) is 88.9 Å². The molecule has 0 saturated carbocycles. The van der Waals surface area contributed by atoms with Gasteiger partial charge in [0, 0.05) is 19.0 Å². The van der Waals surface area contributed by atoms with Crippen molar-refractivity contribution in [1.29, 1.82) is 0 Å². The average Bonchev–Trinajstić information content (AvgIpc) is 2.90. The van der Waals surface area contributed by atoms with Crippen LogP contribution in [0, 0.1) is 6.92 Å². The summed E-state index contributed by atoms with van der Waals surface area (Å²) in [6.07, 6.45) is 5.33. The molecule has 238 valence electrons. The number of hydrogen-bond acceptors (Lipinski definition) is 6. The van der Waals surface area contributed by atoms with Crippen molar-refractivity contribution in [2.24, 2.45) is 0 Å². The van der Waals surface area contributed by atoms with E-state index < -0.39 is 29.7 Å². The molecule has 2 rings (SSSR count). The number of carbonyl (C=O) groups excluding carboxylic acids is 3. The third kappa shape index (κ3) is 12.2. The number of phenols is 2. The molecule has 43 heavy (non-hydrogen) atoms. The molecule has 0 heterocycles. The molecule has 0 aliphatic rings. The highest BCUT2D eigenvalue weighted by molar-refractivity contribution is 5.92. The Bertz CT molecular complexity index is 1190. The third-order valence-electron chi connectivity index (χ3n) is 6.93. The van der Waals surface area contributed by atoms with Crippen LogP contribution in [0.4, 0.5) is 4.79 Å². The Balaban J connectivity index is 2.56. The minimum Gasteiger partial charge on any atom is -0.508 e. The minimum absolute atomic E-state index is 0.0875. The molecule has 0 spiro atoms. The number of hydrogen-bond donors (Lipinski definition) is 4. The molecule has 9 heteroatoms.